The SMILES string of the molecule is O=C(Cc1cccs1)NC1C(=O)N2C(C(=O)O)=C(C[NH+]3C=CC=CC3)CSC12. The maximum atomic E-state index is 12.7. The highest BCUT2D eigenvalue weighted by Crippen LogP contribution is 2.40. The Kier molecular flexibility index (Phi) is 5.38. The van der Waals surface area contributed by atoms with Crippen LogP contribution >= 0.6 is 23.1 Å². The summed E-state index contributed by atoms with van der Waals surface area (Å²) in [6, 6.07) is 3.08. The van der Waals surface area contributed by atoms with Crippen molar-refractivity contribution in [3.63, 3.8) is 0 Å². The van der Waals surface area contributed by atoms with E-state index in [0.717, 1.165) is 21.9 Å². The fraction of sp³-hybridized carbons (Fsp3) is 0.316. The minimum Gasteiger partial charge on any atom is -0.477 e. The van der Waals surface area contributed by atoms with E-state index in [1.54, 1.807) is 0 Å². The normalized spacial score (nSPS) is 26.1. The number of thiophene rings is 1. The number of carbonyl (C=O) groups is 3. The number of thioether (sulfide) groups is 1. The number of amides is 2. The fourth-order valence-corrected chi connectivity index (χ4v) is 5.63. The van der Waals surface area contributed by atoms with Gasteiger partial charge in [-0.2, -0.15) is 0 Å². The lowest BCUT2D eigenvalue weighted by Crippen LogP contribution is -3.08. The summed E-state index contributed by atoms with van der Waals surface area (Å²) in [5, 5.41) is 14.0. The van der Waals surface area contributed by atoms with Crippen LogP contribution in [0.4, 0.5) is 0 Å². The smallest absolute Gasteiger partial charge is 0.352 e. The second-order valence-corrected chi connectivity index (χ2v) is 8.93. The van der Waals surface area contributed by atoms with E-state index in [1.165, 1.54) is 28.0 Å². The van der Waals surface area contributed by atoms with E-state index in [2.05, 4.69) is 5.32 Å². The van der Waals surface area contributed by atoms with Crippen LogP contribution in [0, 0.1) is 0 Å². The van der Waals surface area contributed by atoms with Crippen molar-refractivity contribution in [2.75, 3.05) is 18.8 Å². The molecule has 3 aliphatic heterocycles. The minimum absolute atomic E-state index is 0.0768. The first-order chi connectivity index (χ1) is 13.5. The van der Waals surface area contributed by atoms with Crippen molar-refractivity contribution in [1.29, 1.82) is 0 Å². The van der Waals surface area contributed by atoms with Crippen molar-refractivity contribution >= 4 is 40.9 Å². The number of nitrogens with one attached hydrogen (secondary N) is 2. The summed E-state index contributed by atoms with van der Waals surface area (Å²) in [6.45, 7) is 1.33. The van der Waals surface area contributed by atoms with Gasteiger partial charge < -0.3 is 15.3 Å². The van der Waals surface area contributed by atoms with E-state index in [0.29, 0.717) is 12.3 Å². The maximum absolute atomic E-state index is 12.7. The number of fused-ring (bicyclic) bond motifs is 1. The average molecular weight is 419 g/mol. The summed E-state index contributed by atoms with van der Waals surface area (Å²) in [4.78, 5) is 40.2. The zero-order valence-electron chi connectivity index (χ0n) is 15.0. The molecule has 3 atom stereocenters. The summed E-state index contributed by atoms with van der Waals surface area (Å²) >= 11 is 3.00. The number of allylic oxidation sites excluding steroid dienone is 2. The molecular weight excluding hydrogens is 398 g/mol. The van der Waals surface area contributed by atoms with Gasteiger partial charge in [-0.25, -0.2) is 4.79 Å². The average Bonchev–Trinajstić information content (AvgIpc) is 3.19. The van der Waals surface area contributed by atoms with Crippen LogP contribution in [0.1, 0.15) is 4.88 Å². The number of β-lactam (4-membered cyclic amide) rings is 1. The number of hydrogen-bond acceptors (Lipinski definition) is 5. The van der Waals surface area contributed by atoms with Crippen molar-refractivity contribution in [3.8, 4) is 0 Å². The summed E-state index contributed by atoms with van der Waals surface area (Å²) in [5.74, 6) is -1.12. The molecule has 4 heterocycles. The van der Waals surface area contributed by atoms with Crippen LogP contribution in [-0.4, -0.2) is 58.0 Å². The van der Waals surface area contributed by atoms with Crippen LogP contribution in [-0.2, 0) is 20.8 Å². The number of aliphatic carboxylic acids is 1. The molecule has 2 amide bonds. The third-order valence-corrected chi connectivity index (χ3v) is 7.10. The Morgan fingerprint density at radius 2 is 2.21 bits per heavy atom. The molecule has 4 rings (SSSR count). The van der Waals surface area contributed by atoms with E-state index < -0.39 is 12.0 Å². The molecule has 3 N–H and O–H groups in total. The molecule has 0 aromatic carbocycles. The third kappa shape index (κ3) is 3.65. The van der Waals surface area contributed by atoms with Gasteiger partial charge in [0, 0.05) is 16.2 Å². The first kappa shape index (κ1) is 19.0. The first-order valence-electron chi connectivity index (χ1n) is 8.94. The number of nitrogens with zero attached hydrogens (tertiary/aromatic N) is 1. The topological polar surface area (TPSA) is 91.2 Å². The van der Waals surface area contributed by atoms with Crippen LogP contribution in [0.3, 0.4) is 0 Å². The lowest BCUT2D eigenvalue weighted by Gasteiger charge is -2.49. The molecule has 7 nitrogen and oxygen atoms in total. The zero-order valence-corrected chi connectivity index (χ0v) is 16.6. The Morgan fingerprint density at radius 1 is 1.36 bits per heavy atom. The number of hydrogen-bond donors (Lipinski definition) is 3. The van der Waals surface area contributed by atoms with Crippen LogP contribution in [0.5, 0.6) is 0 Å². The predicted molar refractivity (Wildman–Crippen MR) is 107 cm³/mol. The van der Waals surface area contributed by atoms with Gasteiger partial charge in [0.2, 0.25) is 5.91 Å². The van der Waals surface area contributed by atoms with Gasteiger partial charge in [-0.15, -0.1) is 23.1 Å². The molecule has 0 spiro atoms. The molecule has 1 saturated heterocycles. The van der Waals surface area contributed by atoms with E-state index in [9.17, 15) is 19.5 Å². The maximum Gasteiger partial charge on any atom is 0.352 e. The highest BCUT2D eigenvalue weighted by molar-refractivity contribution is 8.00. The second kappa shape index (κ2) is 7.94. The number of carbonyl (C=O) groups excluding carboxylic acids is 2. The molecule has 0 radical (unpaired) electrons. The number of carboxylic acids is 1. The summed E-state index contributed by atoms with van der Waals surface area (Å²) < 4.78 is 0. The number of quaternary nitrogens is 1. The molecule has 1 aromatic heterocycles. The second-order valence-electron chi connectivity index (χ2n) is 6.79. The summed E-state index contributed by atoms with van der Waals surface area (Å²) in [7, 11) is 0. The van der Waals surface area contributed by atoms with Gasteiger partial charge in [-0.3, -0.25) is 14.5 Å². The quantitative estimate of drug-likeness (QED) is 0.566. The molecule has 1 fully saturated rings. The number of carboxylic acid groups (broad SMARTS) is 1. The Hall–Kier alpha value is -2.36. The Balaban J connectivity index is 1.46. The van der Waals surface area contributed by atoms with Gasteiger partial charge in [0.15, 0.2) is 0 Å². The van der Waals surface area contributed by atoms with Gasteiger partial charge in [0.1, 0.15) is 30.2 Å². The molecule has 3 aliphatic rings. The van der Waals surface area contributed by atoms with E-state index in [1.807, 2.05) is 41.9 Å². The molecule has 28 heavy (non-hydrogen) atoms. The van der Waals surface area contributed by atoms with Gasteiger partial charge >= 0.3 is 5.97 Å². The predicted octanol–water partition coefficient (Wildman–Crippen LogP) is -0.00240. The lowest BCUT2D eigenvalue weighted by molar-refractivity contribution is -0.835. The highest BCUT2D eigenvalue weighted by atomic mass is 32.2. The third-order valence-electron chi connectivity index (χ3n) is 4.88. The molecule has 3 unspecified atom stereocenters. The Morgan fingerprint density at radius 3 is 2.89 bits per heavy atom. The number of rotatable bonds is 6. The zero-order chi connectivity index (χ0) is 19.7. The van der Waals surface area contributed by atoms with Crippen LogP contribution in [0.25, 0.3) is 0 Å². The largest absolute Gasteiger partial charge is 0.477 e. The molecule has 0 saturated carbocycles. The van der Waals surface area contributed by atoms with Crippen LogP contribution < -0.4 is 10.2 Å². The van der Waals surface area contributed by atoms with Crippen molar-refractivity contribution in [3.05, 3.63) is 58.1 Å². The van der Waals surface area contributed by atoms with Crippen LogP contribution in [0.15, 0.2) is 53.2 Å². The van der Waals surface area contributed by atoms with Gasteiger partial charge in [-0.1, -0.05) is 12.1 Å². The van der Waals surface area contributed by atoms with Gasteiger partial charge in [0.25, 0.3) is 5.91 Å². The van der Waals surface area contributed by atoms with Crippen LogP contribution in [0.2, 0.25) is 0 Å². The lowest BCUT2D eigenvalue weighted by atomic mass is 10.0. The standard InChI is InChI=1S/C19H19N3O4S2/c23-14(9-13-5-4-8-27-13)20-15-17(24)22-16(19(25)26)12(11-28-18(15)22)10-21-6-2-1-3-7-21/h1-6,8,15,18H,7,9-11H2,(H,20,23)(H,25,26)/p+1. The van der Waals surface area contributed by atoms with Gasteiger partial charge in [-0.05, 0) is 23.6 Å². The van der Waals surface area contributed by atoms with Crippen molar-refractivity contribution in [2.45, 2.75) is 17.8 Å². The van der Waals surface area contributed by atoms with E-state index >= 15 is 0 Å². The van der Waals surface area contributed by atoms with E-state index in [4.69, 9.17) is 0 Å². The molecule has 1 aromatic rings. The summed E-state index contributed by atoms with van der Waals surface area (Å²) in [6.07, 6.45) is 8.15. The fourth-order valence-electron chi connectivity index (χ4n) is 3.58. The molecule has 0 aliphatic carbocycles. The highest BCUT2D eigenvalue weighted by Gasteiger charge is 2.54. The molecule has 9 heteroatoms. The van der Waals surface area contributed by atoms with Gasteiger partial charge in [0.05, 0.1) is 12.6 Å². The van der Waals surface area contributed by atoms with Crippen molar-refractivity contribution < 1.29 is 24.4 Å². The van der Waals surface area contributed by atoms with Crippen molar-refractivity contribution in [1.82, 2.24) is 10.2 Å². The minimum atomic E-state index is -1.09. The Bertz CT molecular complexity index is 891. The molecule has 146 valence electrons. The van der Waals surface area contributed by atoms with E-state index in [-0.39, 0.29) is 29.3 Å². The summed E-state index contributed by atoms with van der Waals surface area (Å²) in [5.41, 5.74) is 0.827. The Labute approximate surface area is 170 Å². The monoisotopic (exact) mass is 418 g/mol. The molecular formula is C19H20N3O4S2+. The van der Waals surface area contributed by atoms with Crippen molar-refractivity contribution in [2.24, 2.45) is 0 Å². The first-order valence-corrected chi connectivity index (χ1v) is 10.9. The molecule has 0 bridgehead atoms.